The number of phenols is 3. The molecule has 232 valence electrons. The Balaban J connectivity index is 1.64. The molecule has 4 rings (SSSR count). The van der Waals surface area contributed by atoms with Crippen LogP contribution in [0.2, 0.25) is 0 Å². The van der Waals surface area contributed by atoms with Crippen molar-refractivity contribution < 1.29 is 59.2 Å². The van der Waals surface area contributed by atoms with Crippen LogP contribution in [-0.2, 0) is 23.8 Å². The highest BCUT2D eigenvalue weighted by Crippen LogP contribution is 2.55. The number of phenolic OH excluding ortho intramolecular Hbond substituents is 3. The first-order valence-electron chi connectivity index (χ1n) is 13.4. The molecule has 13 heteroatoms. The average Bonchev–Trinajstić information content (AvgIpc) is 3.37. The molecule has 1 aromatic rings. The zero-order valence-corrected chi connectivity index (χ0v) is 24.2. The fourth-order valence-corrected chi connectivity index (χ4v) is 6.61. The van der Waals surface area contributed by atoms with Gasteiger partial charge in [-0.1, -0.05) is 31.7 Å². The van der Waals surface area contributed by atoms with Crippen molar-refractivity contribution in [3.05, 3.63) is 65.7 Å². The van der Waals surface area contributed by atoms with Crippen molar-refractivity contribution in [3.63, 3.8) is 0 Å². The van der Waals surface area contributed by atoms with Gasteiger partial charge in [0.15, 0.2) is 28.6 Å². The quantitative estimate of drug-likeness (QED) is 0.0380. The molecule has 6 N–H and O–H groups in total. The number of aliphatic hydroxyl groups is 3. The Hall–Kier alpha value is -4.16. The summed E-state index contributed by atoms with van der Waals surface area (Å²) in [5.41, 5.74) is -2.00. The first kappa shape index (κ1) is 31.8. The summed E-state index contributed by atoms with van der Waals surface area (Å²) in [7, 11) is 0. The van der Waals surface area contributed by atoms with Gasteiger partial charge in [0.25, 0.3) is 0 Å². The van der Waals surface area contributed by atoms with Gasteiger partial charge >= 0.3 is 17.9 Å². The van der Waals surface area contributed by atoms with Gasteiger partial charge in [0, 0.05) is 18.3 Å². The number of hydrogen-bond donors (Lipinski definition) is 6. The van der Waals surface area contributed by atoms with Gasteiger partial charge in [0.05, 0.1) is 22.9 Å². The maximum absolute atomic E-state index is 13.1. The largest absolute Gasteiger partial charge is 0.505 e. The lowest BCUT2D eigenvalue weighted by atomic mass is 9.75. The molecular weight excluding hydrogens is 588 g/mol. The number of carbonyl (C=O) groups excluding carboxylic acids is 3. The number of fused-ring (bicyclic) bond motifs is 3. The first-order valence-corrected chi connectivity index (χ1v) is 14.0. The fraction of sp³-hybridized carbons (Fsp3) is 0.433. The van der Waals surface area contributed by atoms with Gasteiger partial charge in [-0.3, -0.25) is 0 Å². The van der Waals surface area contributed by atoms with Gasteiger partial charge < -0.3 is 44.8 Å². The van der Waals surface area contributed by atoms with Crippen LogP contribution in [-0.4, -0.2) is 78.3 Å². The number of allylic oxidation sites excluding steroid dienone is 1. The number of halogens is 1. The summed E-state index contributed by atoms with van der Waals surface area (Å²) in [6.07, 6.45) is -0.261. The van der Waals surface area contributed by atoms with Gasteiger partial charge in [-0.2, -0.15) is 0 Å². The lowest BCUT2D eigenvalue weighted by Crippen LogP contribution is -2.51. The number of aromatic hydroxyl groups is 3. The van der Waals surface area contributed by atoms with E-state index in [0.717, 1.165) is 18.2 Å². The van der Waals surface area contributed by atoms with Gasteiger partial charge in [0.2, 0.25) is 0 Å². The normalized spacial score (nSPS) is 32.3. The minimum Gasteiger partial charge on any atom is -0.505 e. The second-order valence-electron chi connectivity index (χ2n) is 11.1. The number of rotatable bonds is 7. The number of benzene rings is 1. The van der Waals surface area contributed by atoms with Crippen molar-refractivity contribution in [3.8, 4) is 17.2 Å². The Morgan fingerprint density at radius 3 is 2.35 bits per heavy atom. The van der Waals surface area contributed by atoms with Crippen molar-refractivity contribution in [1.29, 1.82) is 0 Å². The van der Waals surface area contributed by atoms with Crippen LogP contribution < -0.4 is 0 Å². The van der Waals surface area contributed by atoms with Crippen LogP contribution >= 0.6 is 11.6 Å². The molecule has 43 heavy (non-hydrogen) atoms. The third-order valence-corrected chi connectivity index (χ3v) is 8.98. The molecule has 3 fully saturated rings. The summed E-state index contributed by atoms with van der Waals surface area (Å²) >= 11 is 6.09. The summed E-state index contributed by atoms with van der Waals surface area (Å²) in [5.74, 6) is -9.50. The van der Waals surface area contributed by atoms with E-state index < -0.39 is 100 Å². The van der Waals surface area contributed by atoms with Crippen LogP contribution in [0.1, 0.15) is 37.0 Å². The zero-order valence-electron chi connectivity index (χ0n) is 23.4. The number of esters is 3. The van der Waals surface area contributed by atoms with E-state index in [1.807, 2.05) is 0 Å². The Bertz CT molecular complexity index is 1410. The van der Waals surface area contributed by atoms with Crippen molar-refractivity contribution in [1.82, 2.24) is 0 Å². The molecule has 2 saturated carbocycles. The van der Waals surface area contributed by atoms with E-state index in [9.17, 15) is 45.0 Å². The molecule has 0 amide bonds. The highest BCUT2D eigenvalue weighted by Gasteiger charge is 2.66. The summed E-state index contributed by atoms with van der Waals surface area (Å²) < 4.78 is 17.2. The summed E-state index contributed by atoms with van der Waals surface area (Å²) in [6, 6.07) is 1.79. The van der Waals surface area contributed by atoms with E-state index >= 15 is 0 Å². The molecule has 1 aromatic carbocycles. The Morgan fingerprint density at radius 1 is 1.16 bits per heavy atom. The Morgan fingerprint density at radius 2 is 1.79 bits per heavy atom. The molecule has 0 spiro atoms. The van der Waals surface area contributed by atoms with Gasteiger partial charge in [-0.25, -0.2) is 14.4 Å². The van der Waals surface area contributed by atoms with Crippen LogP contribution in [0.4, 0.5) is 0 Å². The molecule has 0 radical (unpaired) electrons. The molecule has 8 unspecified atom stereocenters. The van der Waals surface area contributed by atoms with E-state index in [1.165, 1.54) is 6.08 Å². The number of alkyl halides is 1. The van der Waals surface area contributed by atoms with Crippen LogP contribution in [0.25, 0.3) is 0 Å². The van der Waals surface area contributed by atoms with Crippen molar-refractivity contribution >= 4 is 29.5 Å². The smallest absolute Gasteiger partial charge is 0.340 e. The second kappa shape index (κ2) is 11.8. The van der Waals surface area contributed by atoms with Crippen molar-refractivity contribution in [2.24, 2.45) is 23.7 Å². The summed E-state index contributed by atoms with van der Waals surface area (Å²) in [6.45, 7) is 10.7. The molecule has 8 atom stereocenters. The van der Waals surface area contributed by atoms with Crippen LogP contribution in [0.3, 0.4) is 0 Å². The van der Waals surface area contributed by atoms with Gasteiger partial charge in [-0.05, 0) is 37.5 Å². The minimum absolute atomic E-state index is 0.0251. The Kier molecular flexibility index (Phi) is 8.75. The van der Waals surface area contributed by atoms with Crippen LogP contribution in [0.5, 0.6) is 17.2 Å². The van der Waals surface area contributed by atoms with E-state index in [1.54, 1.807) is 13.8 Å². The standard InChI is InChI=1S/C30H33ClO12/c1-5-15(7-18(33)14(4)32)27(37)41-21-10-17-12(2)6-22(42-28(38)16-8-19(34)25(36)20(35)9-16)24-26(23(17)13(21)3)43-29(39)30(24,40)11-31/h5,7-9,13,17,21-24,26,32-36,40H,2,4,6,10-11H2,1,3H3/b15-5+,18-7+. The van der Waals surface area contributed by atoms with Crippen LogP contribution in [0, 0.1) is 23.7 Å². The maximum Gasteiger partial charge on any atom is 0.340 e. The van der Waals surface area contributed by atoms with Crippen molar-refractivity contribution in [2.75, 3.05) is 5.88 Å². The maximum atomic E-state index is 13.1. The fourth-order valence-electron chi connectivity index (χ4n) is 6.32. The molecule has 0 aromatic heterocycles. The number of aliphatic hydroxyl groups excluding tert-OH is 2. The van der Waals surface area contributed by atoms with Crippen molar-refractivity contribution in [2.45, 2.75) is 50.6 Å². The van der Waals surface area contributed by atoms with E-state index in [2.05, 4.69) is 13.2 Å². The highest BCUT2D eigenvalue weighted by molar-refractivity contribution is 6.20. The molecule has 0 bridgehead atoms. The number of ether oxygens (including phenoxy) is 3. The lowest BCUT2D eigenvalue weighted by molar-refractivity contribution is -0.156. The van der Waals surface area contributed by atoms with Gasteiger partial charge in [-0.15, -0.1) is 11.6 Å². The first-order chi connectivity index (χ1) is 20.1. The van der Waals surface area contributed by atoms with E-state index in [-0.39, 0.29) is 24.0 Å². The Labute approximate surface area is 251 Å². The average molecular weight is 621 g/mol. The molecule has 1 heterocycles. The summed E-state index contributed by atoms with van der Waals surface area (Å²) in [4.78, 5) is 39.1. The second-order valence-corrected chi connectivity index (χ2v) is 11.3. The van der Waals surface area contributed by atoms with Crippen LogP contribution in [0.15, 0.2) is 60.1 Å². The molecular formula is C30H33ClO12. The SMILES string of the molecule is C=C(O)/C(O)=C\C(=C/C)C(=O)OC1CC2C(=C)CC(OC(=O)c3cc(O)c(O)c(O)c3)C3C(OC(=O)C3(O)CCl)C2C1C. The predicted molar refractivity (Wildman–Crippen MR) is 150 cm³/mol. The number of carbonyl (C=O) groups is 3. The lowest BCUT2D eigenvalue weighted by Gasteiger charge is -2.34. The van der Waals surface area contributed by atoms with E-state index in [4.69, 9.17) is 25.8 Å². The molecule has 2 aliphatic carbocycles. The topological polar surface area (TPSA) is 200 Å². The minimum atomic E-state index is -2.24. The third-order valence-electron chi connectivity index (χ3n) is 8.57. The summed E-state index contributed by atoms with van der Waals surface area (Å²) in [5, 5.41) is 59.9. The predicted octanol–water partition coefficient (Wildman–Crippen LogP) is 3.44. The molecule has 1 saturated heterocycles. The van der Waals surface area contributed by atoms with E-state index in [0.29, 0.717) is 5.57 Å². The van der Waals surface area contributed by atoms with Gasteiger partial charge in [0.1, 0.15) is 24.1 Å². The number of hydrogen-bond acceptors (Lipinski definition) is 12. The highest BCUT2D eigenvalue weighted by atomic mass is 35.5. The molecule has 12 nitrogen and oxygen atoms in total. The third kappa shape index (κ3) is 5.64. The monoisotopic (exact) mass is 620 g/mol. The molecule has 1 aliphatic heterocycles. The molecule has 3 aliphatic rings. The zero-order chi connectivity index (χ0) is 32.0.